The lowest BCUT2D eigenvalue weighted by Gasteiger charge is -2.08. The molecule has 0 aliphatic rings. The molecule has 0 spiro atoms. The minimum absolute atomic E-state index is 0.736. The summed E-state index contributed by atoms with van der Waals surface area (Å²) in [5.74, 6) is 0.736. The van der Waals surface area contributed by atoms with E-state index in [1.807, 2.05) is 19.3 Å². The first-order chi connectivity index (χ1) is 8.22. The highest BCUT2D eigenvalue weighted by molar-refractivity contribution is 5.88. The van der Waals surface area contributed by atoms with E-state index in [1.165, 1.54) is 6.21 Å². The third-order valence-corrected chi connectivity index (χ3v) is 2.33. The summed E-state index contributed by atoms with van der Waals surface area (Å²) in [6.45, 7) is 0. The van der Waals surface area contributed by atoms with Gasteiger partial charge >= 0.3 is 0 Å². The fourth-order valence-corrected chi connectivity index (χ4v) is 1.47. The third kappa shape index (κ3) is 2.41. The number of rotatable bonds is 4. The first kappa shape index (κ1) is 11.1. The van der Waals surface area contributed by atoms with Crippen LogP contribution >= 0.6 is 0 Å². The summed E-state index contributed by atoms with van der Waals surface area (Å²) in [4.78, 5) is 4.20. The molecule has 0 unspecified atom stereocenters. The topological polar surface area (TPSA) is 78.6 Å². The van der Waals surface area contributed by atoms with Crippen LogP contribution in [0.2, 0.25) is 0 Å². The standard InChI is InChI=1S/C11H14N6/c1-13-11-3-8(4-12)10(6-14-11)16-9-5-15-17(2)7-9/h3-7,12,16H,1-2H3,(H,13,14). The Morgan fingerprint density at radius 1 is 1.41 bits per heavy atom. The number of nitrogens with zero attached hydrogens (tertiary/aromatic N) is 3. The van der Waals surface area contributed by atoms with Gasteiger partial charge in [-0.2, -0.15) is 5.10 Å². The van der Waals surface area contributed by atoms with Crippen LogP contribution in [0.25, 0.3) is 0 Å². The van der Waals surface area contributed by atoms with E-state index < -0.39 is 0 Å². The molecule has 3 N–H and O–H groups in total. The third-order valence-electron chi connectivity index (χ3n) is 2.33. The van der Waals surface area contributed by atoms with Gasteiger partial charge < -0.3 is 16.0 Å². The van der Waals surface area contributed by atoms with Gasteiger partial charge in [0.2, 0.25) is 0 Å². The summed E-state index contributed by atoms with van der Waals surface area (Å²) in [6, 6.07) is 1.81. The molecule has 0 saturated carbocycles. The first-order valence-corrected chi connectivity index (χ1v) is 5.17. The quantitative estimate of drug-likeness (QED) is 0.697. The number of anilines is 3. The molecule has 0 bridgehead atoms. The lowest BCUT2D eigenvalue weighted by molar-refractivity contribution is 0.768. The molecule has 17 heavy (non-hydrogen) atoms. The van der Waals surface area contributed by atoms with Gasteiger partial charge in [0.25, 0.3) is 0 Å². The Kier molecular flexibility index (Phi) is 3.04. The number of hydrogen-bond acceptors (Lipinski definition) is 5. The van der Waals surface area contributed by atoms with Gasteiger partial charge in [-0.05, 0) is 6.07 Å². The van der Waals surface area contributed by atoms with Crippen molar-refractivity contribution in [1.29, 1.82) is 5.41 Å². The SMILES string of the molecule is CNc1cc(C=N)c(Nc2cnn(C)c2)cn1. The highest BCUT2D eigenvalue weighted by Crippen LogP contribution is 2.20. The molecule has 2 aromatic heterocycles. The predicted octanol–water partition coefficient (Wildman–Crippen LogP) is 1.60. The Hall–Kier alpha value is -2.37. The Morgan fingerprint density at radius 2 is 2.24 bits per heavy atom. The predicted molar refractivity (Wildman–Crippen MR) is 68.2 cm³/mol. The van der Waals surface area contributed by atoms with Crippen molar-refractivity contribution in [2.75, 3.05) is 17.7 Å². The van der Waals surface area contributed by atoms with Gasteiger partial charge in [-0.1, -0.05) is 0 Å². The van der Waals surface area contributed by atoms with Crippen molar-refractivity contribution < 1.29 is 0 Å². The normalized spacial score (nSPS) is 10.0. The average Bonchev–Trinajstić information content (AvgIpc) is 2.75. The molecule has 0 aliphatic heterocycles. The van der Waals surface area contributed by atoms with Crippen LogP contribution in [-0.4, -0.2) is 28.0 Å². The summed E-state index contributed by atoms with van der Waals surface area (Å²) in [5.41, 5.74) is 2.43. The van der Waals surface area contributed by atoms with Gasteiger partial charge in [0.15, 0.2) is 0 Å². The number of pyridine rings is 1. The summed E-state index contributed by atoms with van der Waals surface area (Å²) in [6.07, 6.45) is 6.57. The largest absolute Gasteiger partial charge is 0.373 e. The van der Waals surface area contributed by atoms with Crippen LogP contribution in [0.15, 0.2) is 24.7 Å². The Bertz CT molecular complexity index is 531. The van der Waals surface area contributed by atoms with E-state index in [2.05, 4.69) is 20.7 Å². The molecule has 0 radical (unpaired) electrons. The molecule has 88 valence electrons. The average molecular weight is 230 g/mol. The second-order valence-electron chi connectivity index (χ2n) is 3.58. The van der Waals surface area contributed by atoms with E-state index in [1.54, 1.807) is 24.1 Å². The molecular weight excluding hydrogens is 216 g/mol. The van der Waals surface area contributed by atoms with Crippen molar-refractivity contribution in [1.82, 2.24) is 14.8 Å². The monoisotopic (exact) mass is 230 g/mol. The number of aromatic nitrogens is 3. The number of aryl methyl sites for hydroxylation is 1. The molecule has 6 nitrogen and oxygen atoms in total. The Balaban J connectivity index is 2.29. The van der Waals surface area contributed by atoms with Gasteiger partial charge in [-0.15, -0.1) is 0 Å². The van der Waals surface area contributed by atoms with Gasteiger partial charge in [0.05, 0.1) is 23.8 Å². The highest BCUT2D eigenvalue weighted by atomic mass is 15.3. The molecule has 6 heteroatoms. The van der Waals surface area contributed by atoms with E-state index in [4.69, 9.17) is 5.41 Å². The second kappa shape index (κ2) is 4.65. The molecule has 0 saturated heterocycles. The van der Waals surface area contributed by atoms with Crippen molar-refractivity contribution in [3.8, 4) is 0 Å². The first-order valence-electron chi connectivity index (χ1n) is 5.17. The van der Waals surface area contributed by atoms with Crippen LogP contribution in [-0.2, 0) is 7.05 Å². The Morgan fingerprint density at radius 3 is 2.82 bits per heavy atom. The molecular formula is C11H14N6. The van der Waals surface area contributed by atoms with Crippen LogP contribution in [0.1, 0.15) is 5.56 Å². The van der Waals surface area contributed by atoms with Gasteiger partial charge in [-0.3, -0.25) is 4.68 Å². The lowest BCUT2D eigenvalue weighted by atomic mass is 10.2. The zero-order valence-corrected chi connectivity index (χ0v) is 9.73. The fraction of sp³-hybridized carbons (Fsp3) is 0.182. The van der Waals surface area contributed by atoms with Crippen molar-refractivity contribution in [3.63, 3.8) is 0 Å². The van der Waals surface area contributed by atoms with Crippen LogP contribution in [0.5, 0.6) is 0 Å². The van der Waals surface area contributed by atoms with Crippen molar-refractivity contribution in [3.05, 3.63) is 30.2 Å². The molecule has 0 fully saturated rings. The smallest absolute Gasteiger partial charge is 0.126 e. The fourth-order valence-electron chi connectivity index (χ4n) is 1.47. The van der Waals surface area contributed by atoms with Crippen LogP contribution in [0.4, 0.5) is 17.2 Å². The summed E-state index contributed by atoms with van der Waals surface area (Å²) < 4.78 is 1.71. The highest BCUT2D eigenvalue weighted by Gasteiger charge is 2.04. The van der Waals surface area contributed by atoms with Gasteiger partial charge in [0.1, 0.15) is 5.82 Å². The van der Waals surface area contributed by atoms with E-state index >= 15 is 0 Å². The number of hydrogen-bond donors (Lipinski definition) is 3. The van der Waals surface area contributed by atoms with Crippen LogP contribution in [0.3, 0.4) is 0 Å². The van der Waals surface area contributed by atoms with E-state index in [0.29, 0.717) is 0 Å². The summed E-state index contributed by atoms with van der Waals surface area (Å²) >= 11 is 0. The second-order valence-corrected chi connectivity index (χ2v) is 3.58. The van der Waals surface area contributed by atoms with Gasteiger partial charge in [0, 0.05) is 32.1 Å². The maximum absolute atomic E-state index is 7.39. The maximum Gasteiger partial charge on any atom is 0.126 e. The van der Waals surface area contributed by atoms with Crippen LogP contribution < -0.4 is 10.6 Å². The van der Waals surface area contributed by atoms with Crippen molar-refractivity contribution >= 4 is 23.4 Å². The van der Waals surface area contributed by atoms with E-state index in [0.717, 1.165) is 22.8 Å². The molecule has 0 amide bonds. The molecule has 0 atom stereocenters. The van der Waals surface area contributed by atoms with Crippen LogP contribution in [0, 0.1) is 5.41 Å². The minimum Gasteiger partial charge on any atom is -0.373 e. The van der Waals surface area contributed by atoms with Gasteiger partial charge in [-0.25, -0.2) is 4.98 Å². The van der Waals surface area contributed by atoms with E-state index in [9.17, 15) is 0 Å². The maximum atomic E-state index is 7.39. The van der Waals surface area contributed by atoms with E-state index in [-0.39, 0.29) is 0 Å². The van der Waals surface area contributed by atoms with Crippen molar-refractivity contribution in [2.45, 2.75) is 0 Å². The Labute approximate surface area is 99.2 Å². The van der Waals surface area contributed by atoms with Crippen molar-refractivity contribution in [2.24, 2.45) is 7.05 Å². The number of nitrogens with one attached hydrogen (secondary N) is 3. The molecule has 2 aromatic rings. The minimum atomic E-state index is 0.736. The summed E-state index contributed by atoms with van der Waals surface area (Å²) in [7, 11) is 3.65. The zero-order valence-electron chi connectivity index (χ0n) is 9.73. The lowest BCUT2D eigenvalue weighted by Crippen LogP contribution is -1.99. The molecule has 2 heterocycles. The molecule has 2 rings (SSSR count). The zero-order chi connectivity index (χ0) is 12.3. The molecule has 0 aliphatic carbocycles. The summed E-state index contributed by atoms with van der Waals surface area (Å²) in [5, 5.41) is 17.6. The molecule has 0 aromatic carbocycles.